The molecule has 0 aliphatic heterocycles. The molecule has 0 heterocycles. The maximum Gasteiger partial charge on any atom is 0.244 e. The van der Waals surface area contributed by atoms with E-state index in [1.165, 1.54) is 0 Å². The van der Waals surface area contributed by atoms with Crippen molar-refractivity contribution in [2.75, 3.05) is 5.32 Å². The van der Waals surface area contributed by atoms with Crippen LogP contribution in [0.15, 0.2) is 24.3 Å². The lowest BCUT2D eigenvalue weighted by molar-refractivity contribution is -0.122. The third-order valence-electron chi connectivity index (χ3n) is 3.45. The molecule has 0 spiro atoms. The SMILES string of the molecule is N#Cc1cccc(NC(=O)C2(N)CCCCC2)c1. The molecule has 1 aromatic carbocycles. The fraction of sp³-hybridized carbons (Fsp3) is 0.429. The van der Waals surface area contributed by atoms with E-state index in [2.05, 4.69) is 5.32 Å². The van der Waals surface area contributed by atoms with E-state index in [1.807, 2.05) is 6.07 Å². The number of nitrogens with two attached hydrogens (primary N) is 1. The van der Waals surface area contributed by atoms with Crippen molar-refractivity contribution in [1.29, 1.82) is 5.26 Å². The quantitative estimate of drug-likeness (QED) is 0.835. The molecule has 1 aromatic rings. The van der Waals surface area contributed by atoms with Gasteiger partial charge in [0.05, 0.1) is 17.2 Å². The van der Waals surface area contributed by atoms with Crippen molar-refractivity contribution in [1.82, 2.24) is 0 Å². The summed E-state index contributed by atoms with van der Waals surface area (Å²) in [6, 6.07) is 8.92. The second-order valence-electron chi connectivity index (χ2n) is 4.86. The number of nitriles is 1. The second kappa shape index (κ2) is 5.19. The van der Waals surface area contributed by atoms with Gasteiger partial charge in [0.25, 0.3) is 0 Å². The Morgan fingerprint density at radius 3 is 2.72 bits per heavy atom. The minimum atomic E-state index is -0.749. The number of hydrogen-bond donors (Lipinski definition) is 2. The number of anilines is 1. The van der Waals surface area contributed by atoms with Gasteiger partial charge in [-0.2, -0.15) is 5.26 Å². The summed E-state index contributed by atoms with van der Waals surface area (Å²) in [6.45, 7) is 0. The third-order valence-corrected chi connectivity index (χ3v) is 3.45. The monoisotopic (exact) mass is 243 g/mol. The van der Waals surface area contributed by atoms with Crippen molar-refractivity contribution in [3.05, 3.63) is 29.8 Å². The second-order valence-corrected chi connectivity index (χ2v) is 4.86. The predicted octanol–water partition coefficient (Wildman–Crippen LogP) is 2.16. The molecule has 1 aliphatic carbocycles. The van der Waals surface area contributed by atoms with Gasteiger partial charge in [0.2, 0.25) is 5.91 Å². The Balaban J connectivity index is 2.08. The highest BCUT2D eigenvalue weighted by molar-refractivity contribution is 5.98. The molecule has 2 rings (SSSR count). The van der Waals surface area contributed by atoms with Crippen LogP contribution in [0.4, 0.5) is 5.69 Å². The first-order chi connectivity index (χ1) is 8.64. The van der Waals surface area contributed by atoms with E-state index in [0.29, 0.717) is 11.3 Å². The first-order valence-corrected chi connectivity index (χ1v) is 6.24. The van der Waals surface area contributed by atoms with Crippen molar-refractivity contribution in [2.24, 2.45) is 5.73 Å². The molecular weight excluding hydrogens is 226 g/mol. The van der Waals surface area contributed by atoms with Gasteiger partial charge in [-0.15, -0.1) is 0 Å². The van der Waals surface area contributed by atoms with Gasteiger partial charge in [-0.3, -0.25) is 4.79 Å². The van der Waals surface area contributed by atoms with Gasteiger partial charge < -0.3 is 11.1 Å². The van der Waals surface area contributed by atoms with Crippen molar-refractivity contribution < 1.29 is 4.79 Å². The van der Waals surface area contributed by atoms with Crippen LogP contribution in [0.1, 0.15) is 37.7 Å². The standard InChI is InChI=1S/C14H17N3O/c15-10-11-5-4-6-12(9-11)17-13(18)14(16)7-2-1-3-8-14/h4-6,9H,1-3,7-8,16H2,(H,17,18). The van der Waals surface area contributed by atoms with Crippen LogP contribution in [-0.4, -0.2) is 11.4 Å². The average Bonchev–Trinajstić information content (AvgIpc) is 2.40. The number of carbonyl (C=O) groups is 1. The predicted molar refractivity (Wildman–Crippen MR) is 69.8 cm³/mol. The number of nitrogens with zero attached hydrogens (tertiary/aromatic N) is 1. The molecule has 94 valence electrons. The number of hydrogen-bond acceptors (Lipinski definition) is 3. The van der Waals surface area contributed by atoms with E-state index < -0.39 is 5.54 Å². The Bertz CT molecular complexity index is 484. The van der Waals surface area contributed by atoms with Crippen LogP contribution in [0.3, 0.4) is 0 Å². The Morgan fingerprint density at radius 1 is 1.33 bits per heavy atom. The molecule has 1 aliphatic rings. The van der Waals surface area contributed by atoms with Gasteiger partial charge in [0, 0.05) is 5.69 Å². The lowest BCUT2D eigenvalue weighted by Gasteiger charge is -2.31. The number of rotatable bonds is 2. The first-order valence-electron chi connectivity index (χ1n) is 6.24. The van der Waals surface area contributed by atoms with Gasteiger partial charge >= 0.3 is 0 Å². The van der Waals surface area contributed by atoms with Crippen molar-refractivity contribution in [3.8, 4) is 6.07 Å². The third kappa shape index (κ3) is 2.69. The molecule has 4 heteroatoms. The molecule has 3 N–H and O–H groups in total. The van der Waals surface area contributed by atoms with Gasteiger partial charge in [-0.1, -0.05) is 25.3 Å². The van der Waals surface area contributed by atoms with E-state index in [9.17, 15) is 4.79 Å². The Kier molecular flexibility index (Phi) is 3.63. The lowest BCUT2D eigenvalue weighted by atomic mass is 9.82. The van der Waals surface area contributed by atoms with Crippen molar-refractivity contribution in [3.63, 3.8) is 0 Å². The molecule has 0 unspecified atom stereocenters. The number of nitrogens with one attached hydrogen (secondary N) is 1. The summed E-state index contributed by atoms with van der Waals surface area (Å²) in [7, 11) is 0. The summed E-state index contributed by atoms with van der Waals surface area (Å²) in [6.07, 6.45) is 4.62. The van der Waals surface area contributed by atoms with Crippen LogP contribution in [0.25, 0.3) is 0 Å². The minimum Gasteiger partial charge on any atom is -0.324 e. The normalized spacial score (nSPS) is 17.8. The zero-order chi connectivity index (χ0) is 13.0. The van der Waals surface area contributed by atoms with Gasteiger partial charge in [-0.25, -0.2) is 0 Å². The summed E-state index contributed by atoms with van der Waals surface area (Å²) in [4.78, 5) is 12.2. The number of benzene rings is 1. The molecule has 4 nitrogen and oxygen atoms in total. The molecule has 1 saturated carbocycles. The molecule has 1 fully saturated rings. The van der Waals surface area contributed by atoms with Crippen LogP contribution in [-0.2, 0) is 4.79 Å². The van der Waals surface area contributed by atoms with E-state index in [1.54, 1.807) is 24.3 Å². The number of carbonyl (C=O) groups excluding carboxylic acids is 1. The van der Waals surface area contributed by atoms with Crippen LogP contribution in [0, 0.1) is 11.3 Å². The largest absolute Gasteiger partial charge is 0.324 e. The Morgan fingerprint density at radius 2 is 2.06 bits per heavy atom. The maximum atomic E-state index is 12.2. The van der Waals surface area contributed by atoms with Gasteiger partial charge in [0.15, 0.2) is 0 Å². The molecule has 18 heavy (non-hydrogen) atoms. The molecular formula is C14H17N3O. The van der Waals surface area contributed by atoms with E-state index >= 15 is 0 Å². The van der Waals surface area contributed by atoms with Crippen LogP contribution >= 0.6 is 0 Å². The Hall–Kier alpha value is -1.86. The topological polar surface area (TPSA) is 78.9 Å². The summed E-state index contributed by atoms with van der Waals surface area (Å²) in [5, 5.41) is 11.6. The average molecular weight is 243 g/mol. The summed E-state index contributed by atoms with van der Waals surface area (Å²) >= 11 is 0. The van der Waals surface area contributed by atoms with E-state index in [0.717, 1.165) is 32.1 Å². The fourth-order valence-electron chi connectivity index (χ4n) is 2.33. The lowest BCUT2D eigenvalue weighted by Crippen LogP contribution is -2.52. The Labute approximate surface area is 107 Å². The summed E-state index contributed by atoms with van der Waals surface area (Å²) in [5.74, 6) is -0.141. The molecule has 0 atom stereocenters. The minimum absolute atomic E-state index is 0.141. The molecule has 0 bridgehead atoms. The first kappa shape index (κ1) is 12.6. The molecule has 0 radical (unpaired) electrons. The van der Waals surface area contributed by atoms with Crippen LogP contribution in [0.5, 0.6) is 0 Å². The highest BCUT2D eigenvalue weighted by Crippen LogP contribution is 2.27. The zero-order valence-electron chi connectivity index (χ0n) is 10.3. The molecule has 0 aromatic heterocycles. The van der Waals surface area contributed by atoms with Crippen LogP contribution in [0.2, 0.25) is 0 Å². The highest BCUT2D eigenvalue weighted by Gasteiger charge is 2.35. The summed E-state index contributed by atoms with van der Waals surface area (Å²) in [5.41, 5.74) is 6.56. The fourth-order valence-corrected chi connectivity index (χ4v) is 2.33. The van der Waals surface area contributed by atoms with E-state index in [4.69, 9.17) is 11.0 Å². The smallest absolute Gasteiger partial charge is 0.244 e. The maximum absolute atomic E-state index is 12.2. The van der Waals surface area contributed by atoms with Crippen molar-refractivity contribution >= 4 is 11.6 Å². The van der Waals surface area contributed by atoms with Crippen molar-refractivity contribution in [2.45, 2.75) is 37.6 Å². The van der Waals surface area contributed by atoms with Crippen LogP contribution < -0.4 is 11.1 Å². The van der Waals surface area contributed by atoms with Gasteiger partial charge in [0.1, 0.15) is 0 Å². The summed E-state index contributed by atoms with van der Waals surface area (Å²) < 4.78 is 0. The number of amides is 1. The zero-order valence-corrected chi connectivity index (χ0v) is 10.3. The highest BCUT2D eigenvalue weighted by atomic mass is 16.2. The van der Waals surface area contributed by atoms with E-state index in [-0.39, 0.29) is 5.91 Å². The molecule has 1 amide bonds. The van der Waals surface area contributed by atoms with Gasteiger partial charge in [-0.05, 0) is 31.0 Å². The molecule has 0 saturated heterocycles.